The van der Waals surface area contributed by atoms with Crippen LogP contribution in [-0.2, 0) is 6.54 Å². The molecule has 3 rings (SSSR count). The molecule has 23 heavy (non-hydrogen) atoms. The number of piperazine rings is 1. The third-order valence-corrected chi connectivity index (χ3v) is 3.80. The molecule has 0 unspecified atom stereocenters. The number of anilines is 1. The first-order valence-electron chi connectivity index (χ1n) is 7.43. The van der Waals surface area contributed by atoms with E-state index >= 15 is 0 Å². The summed E-state index contributed by atoms with van der Waals surface area (Å²) in [5.74, 6) is 6.67. The predicted molar refractivity (Wildman–Crippen MR) is 89.8 cm³/mol. The first kappa shape index (κ1) is 15.7. The molecule has 1 aliphatic rings. The van der Waals surface area contributed by atoms with Crippen molar-refractivity contribution in [1.82, 2.24) is 30.2 Å². The highest BCUT2D eigenvalue weighted by Crippen LogP contribution is 2.25. The van der Waals surface area contributed by atoms with Crippen molar-refractivity contribution in [2.75, 3.05) is 38.5 Å². The van der Waals surface area contributed by atoms with Crippen molar-refractivity contribution in [3.05, 3.63) is 23.6 Å². The number of nitrogens with zero attached hydrogens (tertiary/aromatic N) is 5. The zero-order valence-electron chi connectivity index (χ0n) is 12.7. The zero-order valence-corrected chi connectivity index (χ0v) is 13.4. The molecule has 0 bridgehead atoms. The van der Waals surface area contributed by atoms with Gasteiger partial charge in [0.25, 0.3) is 0 Å². The van der Waals surface area contributed by atoms with Gasteiger partial charge in [0.2, 0.25) is 0 Å². The molecule has 3 N–H and O–H groups in total. The highest BCUT2D eigenvalue weighted by atomic mass is 35.5. The van der Waals surface area contributed by atoms with E-state index in [1.54, 1.807) is 16.9 Å². The maximum atomic E-state index is 5.86. The number of nitrogens with one attached hydrogen (secondary N) is 1. The van der Waals surface area contributed by atoms with Crippen LogP contribution in [-0.4, -0.2) is 57.6 Å². The summed E-state index contributed by atoms with van der Waals surface area (Å²) in [6, 6.07) is 1.68. The molecular weight excluding hydrogens is 314 g/mol. The summed E-state index contributed by atoms with van der Waals surface area (Å²) < 4.78 is 1.77. The third kappa shape index (κ3) is 4.20. The molecule has 1 saturated heterocycles. The molecular formula is C15H18ClN7. The average molecular weight is 332 g/mol. The Kier molecular flexibility index (Phi) is 5.08. The van der Waals surface area contributed by atoms with Crippen LogP contribution in [0, 0.1) is 11.8 Å². The Morgan fingerprint density at radius 3 is 2.83 bits per heavy atom. The Labute approximate surface area is 139 Å². The van der Waals surface area contributed by atoms with Crippen LogP contribution in [0.5, 0.6) is 0 Å². The van der Waals surface area contributed by atoms with Gasteiger partial charge >= 0.3 is 0 Å². The van der Waals surface area contributed by atoms with Gasteiger partial charge in [0, 0.05) is 43.5 Å². The number of hydrogen-bond donors (Lipinski definition) is 2. The molecule has 1 fully saturated rings. The number of hydrogen-bond acceptors (Lipinski definition) is 6. The fraction of sp³-hybridized carbons (Fsp3) is 0.400. The largest absolute Gasteiger partial charge is 0.382 e. The Morgan fingerprint density at radius 2 is 2.00 bits per heavy atom. The number of nitrogen functional groups attached to an aromatic ring is 1. The first-order chi connectivity index (χ1) is 11.2. The predicted octanol–water partition coefficient (Wildman–Crippen LogP) is 0.484. The van der Waals surface area contributed by atoms with Crippen molar-refractivity contribution < 1.29 is 0 Å². The number of rotatable bonds is 3. The van der Waals surface area contributed by atoms with Gasteiger partial charge in [0.15, 0.2) is 11.0 Å². The van der Waals surface area contributed by atoms with Crippen LogP contribution in [0.25, 0.3) is 11.1 Å². The molecule has 2 aromatic heterocycles. The van der Waals surface area contributed by atoms with Crippen LogP contribution in [0.3, 0.4) is 0 Å². The maximum absolute atomic E-state index is 5.86. The lowest BCUT2D eigenvalue weighted by Crippen LogP contribution is -2.43. The Morgan fingerprint density at radius 1 is 1.22 bits per heavy atom. The normalized spacial score (nSPS) is 15.2. The topological polar surface area (TPSA) is 84.9 Å². The van der Waals surface area contributed by atoms with E-state index in [4.69, 9.17) is 17.3 Å². The molecule has 120 valence electrons. The van der Waals surface area contributed by atoms with Gasteiger partial charge in [-0.1, -0.05) is 23.4 Å². The Bertz CT molecular complexity index is 725. The molecule has 0 spiro atoms. The third-order valence-electron chi connectivity index (χ3n) is 3.62. The van der Waals surface area contributed by atoms with Gasteiger partial charge in [-0.3, -0.25) is 9.58 Å². The van der Waals surface area contributed by atoms with E-state index in [0.717, 1.165) is 43.9 Å². The van der Waals surface area contributed by atoms with E-state index in [2.05, 4.69) is 37.4 Å². The van der Waals surface area contributed by atoms with Gasteiger partial charge in [-0.15, -0.1) is 10.2 Å². The summed E-state index contributed by atoms with van der Waals surface area (Å²) in [6.45, 7) is 5.51. The number of aromatic nitrogens is 4. The minimum Gasteiger partial charge on any atom is -0.382 e. The van der Waals surface area contributed by atoms with E-state index < -0.39 is 0 Å². The molecule has 3 heterocycles. The van der Waals surface area contributed by atoms with E-state index in [-0.39, 0.29) is 0 Å². The summed E-state index contributed by atoms with van der Waals surface area (Å²) >= 11 is 5.86. The van der Waals surface area contributed by atoms with Crippen LogP contribution < -0.4 is 11.1 Å². The summed E-state index contributed by atoms with van der Waals surface area (Å²) in [5, 5.41) is 15.4. The highest BCUT2D eigenvalue weighted by Gasteiger charge is 2.09. The fourth-order valence-corrected chi connectivity index (χ4v) is 2.52. The van der Waals surface area contributed by atoms with Gasteiger partial charge in [-0.05, 0) is 6.07 Å². The fourth-order valence-electron chi connectivity index (χ4n) is 2.37. The Balaban J connectivity index is 1.60. The molecule has 1 aliphatic heterocycles. The summed E-state index contributed by atoms with van der Waals surface area (Å²) in [7, 11) is 0. The molecule has 0 saturated carbocycles. The van der Waals surface area contributed by atoms with E-state index in [0.29, 0.717) is 17.5 Å². The van der Waals surface area contributed by atoms with E-state index in [9.17, 15) is 0 Å². The summed E-state index contributed by atoms with van der Waals surface area (Å²) in [5.41, 5.74) is 7.40. The van der Waals surface area contributed by atoms with Gasteiger partial charge in [-0.2, -0.15) is 5.10 Å². The summed E-state index contributed by atoms with van der Waals surface area (Å²) in [6.07, 6.45) is 3.60. The lowest BCUT2D eigenvalue weighted by atomic mass is 10.1. The first-order valence-corrected chi connectivity index (χ1v) is 7.80. The quantitative estimate of drug-likeness (QED) is 0.796. The monoisotopic (exact) mass is 331 g/mol. The van der Waals surface area contributed by atoms with Crippen LogP contribution >= 0.6 is 11.6 Å². The van der Waals surface area contributed by atoms with Crippen LogP contribution in [0.4, 0.5) is 5.82 Å². The van der Waals surface area contributed by atoms with Crippen molar-refractivity contribution in [3.63, 3.8) is 0 Å². The second-order valence-corrected chi connectivity index (χ2v) is 5.66. The molecule has 0 radical (unpaired) electrons. The molecule has 0 amide bonds. The van der Waals surface area contributed by atoms with Crippen LogP contribution in [0.2, 0.25) is 5.15 Å². The Hall–Kier alpha value is -2.14. The van der Waals surface area contributed by atoms with E-state index in [1.165, 1.54) is 0 Å². The maximum Gasteiger partial charge on any atom is 0.154 e. The van der Waals surface area contributed by atoms with Gasteiger partial charge in [-0.25, -0.2) is 0 Å². The lowest BCUT2D eigenvalue weighted by molar-refractivity contribution is 0.268. The summed E-state index contributed by atoms with van der Waals surface area (Å²) in [4.78, 5) is 2.34. The standard InChI is InChI=1S/C15H18ClN7/c16-14-9-13(15(17)21-20-14)12-10-19-23(11-12)6-2-1-5-22-7-3-18-4-8-22/h9-11,18H,3-8H2,(H2,17,21). The minimum absolute atomic E-state index is 0.303. The second-order valence-electron chi connectivity index (χ2n) is 5.27. The van der Waals surface area contributed by atoms with Crippen LogP contribution in [0.15, 0.2) is 18.5 Å². The van der Waals surface area contributed by atoms with Crippen molar-refractivity contribution in [3.8, 4) is 23.0 Å². The van der Waals surface area contributed by atoms with E-state index in [1.807, 2.05) is 6.20 Å². The zero-order chi connectivity index (χ0) is 16.1. The van der Waals surface area contributed by atoms with Gasteiger partial charge < -0.3 is 11.1 Å². The SMILES string of the molecule is Nc1nnc(Cl)cc1-c1cnn(CC#CCN2CCNCC2)c1. The number of nitrogens with two attached hydrogens (primary N) is 1. The highest BCUT2D eigenvalue weighted by molar-refractivity contribution is 6.29. The minimum atomic E-state index is 0.303. The average Bonchev–Trinajstić information content (AvgIpc) is 3.03. The van der Waals surface area contributed by atoms with Gasteiger partial charge in [0.1, 0.15) is 6.54 Å². The molecule has 7 nitrogen and oxygen atoms in total. The van der Waals surface area contributed by atoms with Crippen molar-refractivity contribution in [2.45, 2.75) is 6.54 Å². The van der Waals surface area contributed by atoms with Crippen molar-refractivity contribution in [1.29, 1.82) is 0 Å². The van der Waals surface area contributed by atoms with Crippen molar-refractivity contribution >= 4 is 17.4 Å². The lowest BCUT2D eigenvalue weighted by Gasteiger charge is -2.24. The molecule has 2 aromatic rings. The van der Waals surface area contributed by atoms with Crippen LogP contribution in [0.1, 0.15) is 0 Å². The van der Waals surface area contributed by atoms with Crippen molar-refractivity contribution in [2.24, 2.45) is 0 Å². The molecule has 0 atom stereocenters. The second kappa shape index (κ2) is 7.42. The molecule has 0 aromatic carbocycles. The van der Waals surface area contributed by atoms with Gasteiger partial charge in [0.05, 0.1) is 12.7 Å². The smallest absolute Gasteiger partial charge is 0.154 e. The number of halogens is 1. The molecule has 0 aliphatic carbocycles. The molecule has 8 heteroatoms.